The van der Waals surface area contributed by atoms with Crippen molar-refractivity contribution >= 4 is 5.95 Å². The van der Waals surface area contributed by atoms with Gasteiger partial charge in [0, 0.05) is 18.3 Å². The summed E-state index contributed by atoms with van der Waals surface area (Å²) in [6, 6.07) is 1.88. The van der Waals surface area contributed by atoms with Gasteiger partial charge >= 0.3 is 0 Å². The zero-order chi connectivity index (χ0) is 12.3. The second-order valence-corrected chi connectivity index (χ2v) is 4.87. The fourth-order valence-corrected chi connectivity index (χ4v) is 1.81. The summed E-state index contributed by atoms with van der Waals surface area (Å²) in [7, 11) is 0. The molecule has 0 saturated heterocycles. The van der Waals surface area contributed by atoms with E-state index in [1.165, 1.54) is 6.42 Å². The molecule has 1 aromatic rings. The van der Waals surface area contributed by atoms with Crippen LogP contribution in [0.1, 0.15) is 32.4 Å². The van der Waals surface area contributed by atoms with Crippen LogP contribution >= 0.6 is 0 Å². The summed E-state index contributed by atoms with van der Waals surface area (Å²) >= 11 is 0. The Kier molecular flexibility index (Phi) is 3.82. The molecule has 1 N–H and O–H groups in total. The van der Waals surface area contributed by atoms with Crippen LogP contribution < -0.4 is 10.1 Å². The number of aryl methyl sites for hydroxylation is 1. The number of hydrogen-bond donors (Lipinski definition) is 1. The molecule has 0 amide bonds. The van der Waals surface area contributed by atoms with Crippen molar-refractivity contribution in [2.75, 3.05) is 18.5 Å². The van der Waals surface area contributed by atoms with Crippen LogP contribution in [-0.4, -0.2) is 23.1 Å². The highest BCUT2D eigenvalue weighted by Gasteiger charge is 2.32. The Morgan fingerprint density at radius 1 is 1.47 bits per heavy atom. The van der Waals surface area contributed by atoms with Crippen molar-refractivity contribution in [1.29, 1.82) is 0 Å². The second kappa shape index (κ2) is 5.34. The molecule has 0 spiro atoms. The first-order chi connectivity index (χ1) is 8.19. The molecule has 4 heteroatoms. The largest absolute Gasteiger partial charge is 0.478 e. The summed E-state index contributed by atoms with van der Waals surface area (Å²) in [5.41, 5.74) is 0.942. The van der Waals surface area contributed by atoms with E-state index >= 15 is 0 Å². The molecular weight excluding hydrogens is 214 g/mol. The van der Waals surface area contributed by atoms with Gasteiger partial charge in [-0.2, -0.15) is 4.98 Å². The van der Waals surface area contributed by atoms with Crippen molar-refractivity contribution in [2.45, 2.75) is 33.6 Å². The van der Waals surface area contributed by atoms with Gasteiger partial charge in [-0.05, 0) is 31.6 Å². The highest BCUT2D eigenvalue weighted by molar-refractivity contribution is 5.30. The number of aromatic nitrogens is 2. The van der Waals surface area contributed by atoms with E-state index in [-0.39, 0.29) is 0 Å². The van der Waals surface area contributed by atoms with Gasteiger partial charge in [-0.25, -0.2) is 4.98 Å². The normalized spacial score (nSPS) is 22.3. The van der Waals surface area contributed by atoms with Crippen molar-refractivity contribution in [3.63, 3.8) is 0 Å². The fraction of sp³-hybridized carbons (Fsp3) is 0.692. The Hall–Kier alpha value is -1.32. The van der Waals surface area contributed by atoms with Crippen LogP contribution in [0.4, 0.5) is 5.95 Å². The van der Waals surface area contributed by atoms with Gasteiger partial charge in [0.05, 0.1) is 6.61 Å². The van der Waals surface area contributed by atoms with Crippen LogP contribution in [0.5, 0.6) is 5.88 Å². The first kappa shape index (κ1) is 12.1. The van der Waals surface area contributed by atoms with Crippen LogP contribution in [-0.2, 0) is 0 Å². The minimum atomic E-state index is 0.672. The van der Waals surface area contributed by atoms with E-state index in [0.717, 1.165) is 30.5 Å². The summed E-state index contributed by atoms with van der Waals surface area (Å²) in [6.07, 6.45) is 2.31. The molecule has 1 saturated carbocycles. The predicted molar refractivity (Wildman–Crippen MR) is 68.3 cm³/mol. The van der Waals surface area contributed by atoms with E-state index < -0.39 is 0 Å². The van der Waals surface area contributed by atoms with Crippen molar-refractivity contribution in [3.8, 4) is 5.88 Å². The van der Waals surface area contributed by atoms with Gasteiger partial charge in [-0.1, -0.05) is 13.8 Å². The second-order valence-electron chi connectivity index (χ2n) is 4.87. The van der Waals surface area contributed by atoms with Gasteiger partial charge in [-0.15, -0.1) is 0 Å². The maximum absolute atomic E-state index is 5.53. The van der Waals surface area contributed by atoms with E-state index in [1.807, 2.05) is 13.0 Å². The summed E-state index contributed by atoms with van der Waals surface area (Å²) in [5.74, 6) is 3.00. The molecule has 1 aliphatic carbocycles. The van der Waals surface area contributed by atoms with Crippen LogP contribution in [0.25, 0.3) is 0 Å². The lowest BCUT2D eigenvalue weighted by Crippen LogP contribution is -2.09. The number of hydrogen-bond acceptors (Lipinski definition) is 4. The smallest absolute Gasteiger partial charge is 0.226 e. The SMILES string of the molecule is CCCOc1cc(C)nc(NCC2CC2C)n1. The molecule has 0 bridgehead atoms. The summed E-state index contributed by atoms with van der Waals surface area (Å²) < 4.78 is 5.53. The molecule has 0 aromatic carbocycles. The number of nitrogens with zero attached hydrogens (tertiary/aromatic N) is 2. The number of ether oxygens (including phenoxy) is 1. The van der Waals surface area contributed by atoms with Gasteiger partial charge in [0.2, 0.25) is 11.8 Å². The Morgan fingerprint density at radius 2 is 2.24 bits per heavy atom. The lowest BCUT2D eigenvalue weighted by Gasteiger charge is -2.08. The maximum atomic E-state index is 5.53. The quantitative estimate of drug-likeness (QED) is 0.823. The van der Waals surface area contributed by atoms with Crippen LogP contribution in [0, 0.1) is 18.8 Å². The average molecular weight is 235 g/mol. The molecule has 4 nitrogen and oxygen atoms in total. The van der Waals surface area contributed by atoms with Crippen molar-refractivity contribution in [3.05, 3.63) is 11.8 Å². The molecule has 1 fully saturated rings. The standard InChI is InChI=1S/C13H21N3O/c1-4-5-17-12-7-10(3)15-13(16-12)14-8-11-6-9(11)2/h7,9,11H,4-6,8H2,1-3H3,(H,14,15,16). The molecule has 1 aliphatic rings. The van der Waals surface area contributed by atoms with Gasteiger partial charge in [-0.3, -0.25) is 0 Å². The number of anilines is 1. The average Bonchev–Trinajstić information content (AvgIpc) is 2.99. The Bertz CT molecular complexity index is 381. The number of nitrogens with one attached hydrogen (secondary N) is 1. The van der Waals surface area contributed by atoms with Crippen molar-refractivity contribution in [1.82, 2.24) is 9.97 Å². The van der Waals surface area contributed by atoms with Crippen LogP contribution in [0.3, 0.4) is 0 Å². The van der Waals surface area contributed by atoms with Gasteiger partial charge in [0.1, 0.15) is 0 Å². The lowest BCUT2D eigenvalue weighted by atomic mass is 10.3. The van der Waals surface area contributed by atoms with Crippen molar-refractivity contribution < 1.29 is 4.74 Å². The third kappa shape index (κ3) is 3.58. The monoisotopic (exact) mass is 235 g/mol. The van der Waals surface area contributed by atoms with E-state index in [1.54, 1.807) is 0 Å². The third-order valence-electron chi connectivity index (χ3n) is 3.08. The molecule has 0 radical (unpaired) electrons. The van der Waals surface area contributed by atoms with Crippen molar-refractivity contribution in [2.24, 2.45) is 11.8 Å². The van der Waals surface area contributed by atoms with Gasteiger partial charge < -0.3 is 10.1 Å². The molecule has 1 heterocycles. The topological polar surface area (TPSA) is 47.0 Å². The number of rotatable bonds is 6. The molecule has 2 atom stereocenters. The third-order valence-corrected chi connectivity index (χ3v) is 3.08. The summed E-state index contributed by atoms with van der Waals surface area (Å²) in [6.45, 7) is 8.00. The molecular formula is C13H21N3O. The molecule has 17 heavy (non-hydrogen) atoms. The van der Waals surface area contributed by atoms with E-state index in [0.29, 0.717) is 18.4 Å². The Balaban J connectivity index is 1.93. The van der Waals surface area contributed by atoms with E-state index in [2.05, 4.69) is 29.1 Å². The molecule has 0 aliphatic heterocycles. The zero-order valence-corrected chi connectivity index (χ0v) is 10.9. The zero-order valence-electron chi connectivity index (χ0n) is 10.9. The first-order valence-corrected chi connectivity index (χ1v) is 6.41. The molecule has 1 aromatic heterocycles. The van der Waals surface area contributed by atoms with Gasteiger partial charge in [0.15, 0.2) is 0 Å². The fourth-order valence-electron chi connectivity index (χ4n) is 1.81. The summed E-state index contributed by atoms with van der Waals surface area (Å²) in [5, 5.41) is 3.29. The Morgan fingerprint density at radius 3 is 2.88 bits per heavy atom. The molecule has 2 unspecified atom stereocenters. The van der Waals surface area contributed by atoms with E-state index in [9.17, 15) is 0 Å². The predicted octanol–water partition coefficient (Wildman–Crippen LogP) is 2.64. The lowest BCUT2D eigenvalue weighted by molar-refractivity contribution is 0.305. The highest BCUT2D eigenvalue weighted by atomic mass is 16.5. The van der Waals surface area contributed by atoms with Gasteiger partial charge in [0.25, 0.3) is 0 Å². The first-order valence-electron chi connectivity index (χ1n) is 6.41. The molecule has 2 rings (SSSR count). The highest BCUT2D eigenvalue weighted by Crippen LogP contribution is 2.37. The van der Waals surface area contributed by atoms with Crippen LogP contribution in [0.2, 0.25) is 0 Å². The maximum Gasteiger partial charge on any atom is 0.226 e. The minimum absolute atomic E-state index is 0.672. The molecule has 94 valence electrons. The summed E-state index contributed by atoms with van der Waals surface area (Å²) in [4.78, 5) is 8.72. The minimum Gasteiger partial charge on any atom is -0.478 e. The Labute approximate surface area is 103 Å². The van der Waals surface area contributed by atoms with Crippen LogP contribution in [0.15, 0.2) is 6.07 Å². The van der Waals surface area contributed by atoms with E-state index in [4.69, 9.17) is 4.74 Å².